The molecule has 1 atom stereocenters. The highest BCUT2D eigenvalue weighted by Crippen LogP contribution is 2.38. The molecule has 132 valence electrons. The van der Waals surface area contributed by atoms with Crippen LogP contribution < -0.4 is 9.64 Å². The van der Waals surface area contributed by atoms with Crippen molar-refractivity contribution in [1.82, 2.24) is 0 Å². The van der Waals surface area contributed by atoms with E-state index in [1.165, 1.54) is 12.1 Å². The first-order valence-corrected chi connectivity index (χ1v) is 8.61. The molecule has 0 bridgehead atoms. The highest BCUT2D eigenvalue weighted by Gasteiger charge is 2.39. The number of ether oxygens (including phenoxy) is 1. The van der Waals surface area contributed by atoms with Crippen molar-refractivity contribution in [1.29, 1.82) is 0 Å². The summed E-state index contributed by atoms with van der Waals surface area (Å²) in [6.07, 6.45) is 2.24. The van der Waals surface area contributed by atoms with Crippen LogP contribution in [0.3, 0.4) is 0 Å². The van der Waals surface area contributed by atoms with Gasteiger partial charge in [0.05, 0.1) is 10.7 Å². The fraction of sp³-hybridized carbons (Fsp3) is 0.389. The highest BCUT2D eigenvalue weighted by atomic mass is 35.5. The van der Waals surface area contributed by atoms with Crippen LogP contribution in [0, 0.1) is 0 Å². The van der Waals surface area contributed by atoms with E-state index in [4.69, 9.17) is 21.4 Å². The van der Waals surface area contributed by atoms with Gasteiger partial charge in [-0.3, -0.25) is 9.59 Å². The summed E-state index contributed by atoms with van der Waals surface area (Å²) in [6, 6.07) is 4.51. The predicted molar refractivity (Wildman–Crippen MR) is 91.8 cm³/mol. The Morgan fingerprint density at radius 1 is 1.24 bits per heavy atom. The van der Waals surface area contributed by atoms with Gasteiger partial charge in [0.25, 0.3) is 11.8 Å². The van der Waals surface area contributed by atoms with E-state index in [9.17, 15) is 14.4 Å². The fourth-order valence-corrected chi connectivity index (χ4v) is 3.32. The van der Waals surface area contributed by atoms with E-state index in [1.807, 2.05) is 0 Å². The van der Waals surface area contributed by atoms with Gasteiger partial charge in [-0.25, -0.2) is 9.69 Å². The number of carboxylic acid groups (broad SMARTS) is 1. The first-order valence-electron chi connectivity index (χ1n) is 8.23. The van der Waals surface area contributed by atoms with Crippen molar-refractivity contribution in [3.63, 3.8) is 0 Å². The Bertz CT molecular complexity index is 758. The molecule has 1 heterocycles. The quantitative estimate of drug-likeness (QED) is 0.811. The molecule has 6 nitrogen and oxygen atoms in total. The Labute approximate surface area is 150 Å². The molecule has 0 saturated heterocycles. The Morgan fingerprint density at radius 2 is 1.84 bits per heavy atom. The molecular weight excluding hydrogens is 346 g/mol. The van der Waals surface area contributed by atoms with Gasteiger partial charge in [0.1, 0.15) is 5.75 Å². The Kier molecular flexibility index (Phi) is 4.81. The first-order chi connectivity index (χ1) is 11.9. The van der Waals surface area contributed by atoms with Crippen molar-refractivity contribution in [2.75, 3.05) is 4.90 Å². The number of carbonyl (C=O) groups excluding carboxylic acids is 2. The molecule has 25 heavy (non-hydrogen) atoms. The van der Waals surface area contributed by atoms with Crippen LogP contribution in [0.5, 0.6) is 5.75 Å². The van der Waals surface area contributed by atoms with E-state index in [0.29, 0.717) is 29.7 Å². The molecule has 1 unspecified atom stereocenters. The fourth-order valence-electron chi connectivity index (χ4n) is 3.16. The van der Waals surface area contributed by atoms with Crippen LogP contribution in [0.15, 0.2) is 29.3 Å². The number of aliphatic carboxylic acids is 1. The molecule has 0 aromatic heterocycles. The second-order valence-electron chi connectivity index (χ2n) is 6.08. The highest BCUT2D eigenvalue weighted by molar-refractivity contribution is 6.34. The third kappa shape index (κ3) is 3.14. The van der Waals surface area contributed by atoms with Gasteiger partial charge in [0.15, 0.2) is 6.10 Å². The maximum absolute atomic E-state index is 12.6. The van der Waals surface area contributed by atoms with Gasteiger partial charge >= 0.3 is 5.97 Å². The second-order valence-corrected chi connectivity index (χ2v) is 6.48. The van der Waals surface area contributed by atoms with Crippen molar-refractivity contribution < 1.29 is 24.2 Å². The van der Waals surface area contributed by atoms with Gasteiger partial charge in [0, 0.05) is 17.2 Å². The summed E-state index contributed by atoms with van der Waals surface area (Å²) in [5.41, 5.74) is 1.51. The van der Waals surface area contributed by atoms with Crippen molar-refractivity contribution in [2.24, 2.45) is 0 Å². The van der Waals surface area contributed by atoms with Crippen molar-refractivity contribution in [3.8, 4) is 5.75 Å². The summed E-state index contributed by atoms with van der Waals surface area (Å²) in [7, 11) is 0. The number of hydrogen-bond donors (Lipinski definition) is 1. The summed E-state index contributed by atoms with van der Waals surface area (Å²) in [5, 5.41) is 9.36. The van der Waals surface area contributed by atoms with E-state index in [-0.39, 0.29) is 29.0 Å². The van der Waals surface area contributed by atoms with E-state index < -0.39 is 12.1 Å². The lowest BCUT2D eigenvalue weighted by molar-refractivity contribution is -0.145. The minimum atomic E-state index is -1.10. The molecule has 1 aliphatic heterocycles. The number of carbonyl (C=O) groups is 3. The SMILES string of the molecule is CCC(Oc1cc(N2C(=O)C3=C(CCCC3)C2=O)ccc1Cl)C(=O)O. The molecule has 1 aromatic rings. The van der Waals surface area contributed by atoms with Crippen LogP contribution in [0.1, 0.15) is 39.0 Å². The number of carboxylic acids is 1. The lowest BCUT2D eigenvalue weighted by Crippen LogP contribution is -2.31. The lowest BCUT2D eigenvalue weighted by atomic mass is 9.93. The van der Waals surface area contributed by atoms with Gasteiger partial charge < -0.3 is 9.84 Å². The Balaban J connectivity index is 1.91. The molecule has 0 fully saturated rings. The maximum atomic E-state index is 12.6. The average molecular weight is 364 g/mol. The number of rotatable bonds is 5. The average Bonchev–Trinajstić information content (AvgIpc) is 2.85. The summed E-state index contributed by atoms with van der Waals surface area (Å²) in [4.78, 5) is 37.5. The minimum Gasteiger partial charge on any atom is -0.479 e. The van der Waals surface area contributed by atoms with Crippen molar-refractivity contribution in [2.45, 2.75) is 45.1 Å². The third-order valence-electron chi connectivity index (χ3n) is 4.48. The molecule has 2 aliphatic rings. The first kappa shape index (κ1) is 17.5. The van der Waals surface area contributed by atoms with E-state index in [0.717, 1.165) is 17.7 Å². The maximum Gasteiger partial charge on any atom is 0.344 e. The predicted octanol–water partition coefficient (Wildman–Crippen LogP) is 3.33. The number of benzene rings is 1. The largest absolute Gasteiger partial charge is 0.479 e. The van der Waals surface area contributed by atoms with Crippen molar-refractivity contribution in [3.05, 3.63) is 34.4 Å². The molecule has 0 radical (unpaired) electrons. The summed E-state index contributed by atoms with van der Waals surface area (Å²) in [6.45, 7) is 1.68. The van der Waals surface area contributed by atoms with Crippen LogP contribution in [0.4, 0.5) is 5.69 Å². The Morgan fingerprint density at radius 3 is 2.36 bits per heavy atom. The van der Waals surface area contributed by atoms with Gasteiger partial charge in [0.2, 0.25) is 0 Å². The minimum absolute atomic E-state index is 0.138. The lowest BCUT2D eigenvalue weighted by Gasteiger charge is -2.19. The number of anilines is 1. The van der Waals surface area contributed by atoms with Gasteiger partial charge in [-0.1, -0.05) is 18.5 Å². The molecule has 0 spiro atoms. The van der Waals surface area contributed by atoms with Crippen LogP contribution in [0.2, 0.25) is 5.02 Å². The normalized spacial score (nSPS) is 18.4. The smallest absolute Gasteiger partial charge is 0.344 e. The molecule has 2 amide bonds. The molecule has 7 heteroatoms. The molecule has 1 N–H and O–H groups in total. The van der Waals surface area contributed by atoms with Gasteiger partial charge in [-0.05, 0) is 44.2 Å². The number of nitrogens with zero attached hydrogens (tertiary/aromatic N) is 1. The van der Waals surface area contributed by atoms with Gasteiger partial charge in [-0.2, -0.15) is 0 Å². The zero-order chi connectivity index (χ0) is 18.1. The summed E-state index contributed by atoms with van der Waals surface area (Å²) in [5.74, 6) is -1.58. The zero-order valence-electron chi connectivity index (χ0n) is 13.8. The number of hydrogen-bond acceptors (Lipinski definition) is 4. The summed E-state index contributed by atoms with van der Waals surface area (Å²) >= 11 is 6.09. The standard InChI is InChI=1S/C18H18ClNO5/c1-2-14(18(23)24)25-15-9-10(7-8-13(15)19)20-16(21)11-5-3-4-6-12(11)17(20)22/h7-9,14H,2-6H2,1H3,(H,23,24). The van der Waals surface area contributed by atoms with Gasteiger partial charge in [-0.15, -0.1) is 0 Å². The zero-order valence-corrected chi connectivity index (χ0v) is 14.5. The monoisotopic (exact) mass is 363 g/mol. The van der Waals surface area contributed by atoms with Crippen LogP contribution >= 0.6 is 11.6 Å². The molecule has 1 aromatic carbocycles. The topological polar surface area (TPSA) is 83.9 Å². The molecule has 0 saturated carbocycles. The van der Waals surface area contributed by atoms with Crippen molar-refractivity contribution >= 4 is 35.1 Å². The van der Waals surface area contributed by atoms with Crippen LogP contribution in [0.25, 0.3) is 0 Å². The van der Waals surface area contributed by atoms with Crippen LogP contribution in [-0.4, -0.2) is 29.0 Å². The number of halogens is 1. The van der Waals surface area contributed by atoms with E-state index >= 15 is 0 Å². The third-order valence-corrected chi connectivity index (χ3v) is 4.79. The Hall–Kier alpha value is -2.34. The summed E-state index contributed by atoms with van der Waals surface area (Å²) < 4.78 is 5.45. The molecule has 1 aliphatic carbocycles. The number of amides is 2. The molecular formula is C18H18ClNO5. The molecule has 3 rings (SSSR count). The van der Waals surface area contributed by atoms with Crippen LogP contribution in [-0.2, 0) is 14.4 Å². The van der Waals surface area contributed by atoms with E-state index in [2.05, 4.69) is 0 Å². The number of imide groups is 1. The van der Waals surface area contributed by atoms with E-state index in [1.54, 1.807) is 13.0 Å². The second kappa shape index (κ2) is 6.88.